The number of anilines is 1. The van der Waals surface area contributed by atoms with Gasteiger partial charge in [0.05, 0.1) is 18.0 Å². The van der Waals surface area contributed by atoms with E-state index < -0.39 is 10.0 Å². The Morgan fingerprint density at radius 3 is 2.50 bits per heavy atom. The van der Waals surface area contributed by atoms with Crippen LogP contribution in [0.5, 0.6) is 0 Å². The summed E-state index contributed by atoms with van der Waals surface area (Å²) in [6, 6.07) is 15.2. The Labute approximate surface area is 167 Å². The van der Waals surface area contributed by atoms with Crippen molar-refractivity contribution >= 4 is 21.6 Å². The maximum atomic E-state index is 12.9. The van der Waals surface area contributed by atoms with E-state index in [1.165, 1.54) is 10.6 Å². The number of nitrogens with one attached hydrogen (secondary N) is 1. The van der Waals surface area contributed by atoms with Crippen LogP contribution in [0.15, 0.2) is 48.5 Å². The Morgan fingerprint density at radius 1 is 1.14 bits per heavy atom. The topological polar surface area (TPSA) is 66.5 Å². The zero-order valence-electron chi connectivity index (χ0n) is 16.7. The highest BCUT2D eigenvalue weighted by molar-refractivity contribution is 7.92. The minimum atomic E-state index is -3.31. The molecule has 0 aliphatic carbocycles. The van der Waals surface area contributed by atoms with Crippen molar-refractivity contribution in [3.8, 4) is 0 Å². The van der Waals surface area contributed by atoms with Gasteiger partial charge in [-0.15, -0.1) is 0 Å². The van der Waals surface area contributed by atoms with Gasteiger partial charge in [-0.1, -0.05) is 44.2 Å². The largest absolute Gasteiger partial charge is 0.345 e. The first-order valence-electron chi connectivity index (χ1n) is 9.72. The fourth-order valence-corrected chi connectivity index (χ4v) is 4.72. The van der Waals surface area contributed by atoms with Crippen LogP contribution in [0.3, 0.4) is 0 Å². The van der Waals surface area contributed by atoms with E-state index in [0.29, 0.717) is 23.7 Å². The molecule has 0 unspecified atom stereocenters. The number of nitrogens with zero attached hydrogens (tertiary/aromatic N) is 1. The molecule has 2 aromatic rings. The molecule has 150 valence electrons. The highest BCUT2D eigenvalue weighted by Gasteiger charge is 2.25. The minimum Gasteiger partial charge on any atom is -0.345 e. The van der Waals surface area contributed by atoms with E-state index in [4.69, 9.17) is 0 Å². The number of benzene rings is 2. The van der Waals surface area contributed by atoms with E-state index in [1.54, 1.807) is 12.1 Å². The quantitative estimate of drug-likeness (QED) is 0.799. The van der Waals surface area contributed by atoms with Gasteiger partial charge in [-0.25, -0.2) is 8.42 Å². The van der Waals surface area contributed by atoms with Crippen LogP contribution >= 0.6 is 0 Å². The number of fused-ring (bicyclic) bond motifs is 1. The molecule has 0 aromatic heterocycles. The summed E-state index contributed by atoms with van der Waals surface area (Å²) in [6.45, 7) is 4.77. The third-order valence-corrected chi connectivity index (χ3v) is 6.21. The average molecular weight is 401 g/mol. The zero-order chi connectivity index (χ0) is 20.3. The lowest BCUT2D eigenvalue weighted by Crippen LogP contribution is -2.35. The summed E-state index contributed by atoms with van der Waals surface area (Å²) < 4.78 is 25.5. The van der Waals surface area contributed by atoms with Gasteiger partial charge in [-0.05, 0) is 54.5 Å². The number of aryl methyl sites for hydroxylation is 1. The standard InChI is InChI=1S/C22H28N2O3S/c1-16(2)14-20(17-8-5-4-6-9-17)23-22(25)19-11-12-21-18(15-19)10-7-13-24(21)28(3,26)27/h4-6,8-9,11-12,15-16,20H,7,10,13-14H2,1-3H3,(H,23,25)/t20-/m0/s1. The van der Waals surface area contributed by atoms with Crippen molar-refractivity contribution in [1.82, 2.24) is 5.32 Å². The fourth-order valence-electron chi connectivity index (χ4n) is 3.73. The van der Waals surface area contributed by atoms with Crippen molar-refractivity contribution in [3.05, 3.63) is 65.2 Å². The molecule has 0 fully saturated rings. The third kappa shape index (κ3) is 4.73. The molecule has 0 radical (unpaired) electrons. The lowest BCUT2D eigenvalue weighted by Gasteiger charge is -2.29. The van der Waals surface area contributed by atoms with Crippen LogP contribution in [-0.4, -0.2) is 27.1 Å². The second kappa shape index (κ2) is 8.35. The maximum Gasteiger partial charge on any atom is 0.251 e. The van der Waals surface area contributed by atoms with Crippen LogP contribution in [0.25, 0.3) is 0 Å². The van der Waals surface area contributed by atoms with Crippen LogP contribution in [0.2, 0.25) is 0 Å². The molecule has 6 heteroatoms. The predicted molar refractivity (Wildman–Crippen MR) is 113 cm³/mol. The molecule has 28 heavy (non-hydrogen) atoms. The monoisotopic (exact) mass is 400 g/mol. The summed E-state index contributed by atoms with van der Waals surface area (Å²) in [4.78, 5) is 12.9. The second-order valence-electron chi connectivity index (χ2n) is 7.85. The lowest BCUT2D eigenvalue weighted by atomic mass is 9.96. The normalized spacial score (nSPS) is 15.2. The van der Waals surface area contributed by atoms with Crippen molar-refractivity contribution in [2.24, 2.45) is 5.92 Å². The molecule has 0 bridgehead atoms. The Kier molecular flexibility index (Phi) is 6.08. The van der Waals surface area contributed by atoms with Crippen molar-refractivity contribution in [2.75, 3.05) is 17.1 Å². The molecule has 1 aliphatic rings. The number of carbonyl (C=O) groups is 1. The van der Waals surface area contributed by atoms with E-state index >= 15 is 0 Å². The molecule has 1 aliphatic heterocycles. The summed E-state index contributed by atoms with van der Waals surface area (Å²) in [5.41, 5.74) is 3.25. The SMILES string of the molecule is CC(C)C[C@H](NC(=O)c1ccc2c(c1)CCCN2S(C)(=O)=O)c1ccccc1. The van der Waals surface area contributed by atoms with Gasteiger partial charge in [0.15, 0.2) is 0 Å². The summed E-state index contributed by atoms with van der Waals surface area (Å²) in [7, 11) is -3.31. The van der Waals surface area contributed by atoms with Crippen molar-refractivity contribution in [3.63, 3.8) is 0 Å². The third-order valence-electron chi connectivity index (χ3n) is 5.03. The van der Waals surface area contributed by atoms with E-state index in [0.717, 1.165) is 30.4 Å². The summed E-state index contributed by atoms with van der Waals surface area (Å²) in [5, 5.41) is 3.16. The van der Waals surface area contributed by atoms with Crippen LogP contribution in [0.4, 0.5) is 5.69 Å². The smallest absolute Gasteiger partial charge is 0.251 e. The van der Waals surface area contributed by atoms with Gasteiger partial charge in [-0.2, -0.15) is 0 Å². The van der Waals surface area contributed by atoms with Gasteiger partial charge in [0.2, 0.25) is 10.0 Å². The van der Waals surface area contributed by atoms with Crippen molar-refractivity contribution < 1.29 is 13.2 Å². The molecule has 0 saturated carbocycles. The van der Waals surface area contributed by atoms with Crippen LogP contribution in [-0.2, 0) is 16.4 Å². The van der Waals surface area contributed by atoms with E-state index in [-0.39, 0.29) is 11.9 Å². The van der Waals surface area contributed by atoms with Crippen LogP contribution in [0, 0.1) is 5.92 Å². The molecule has 3 rings (SSSR count). The molecule has 0 saturated heterocycles. The van der Waals surface area contributed by atoms with E-state index in [9.17, 15) is 13.2 Å². The summed E-state index contributed by atoms with van der Waals surface area (Å²) >= 11 is 0. The van der Waals surface area contributed by atoms with Gasteiger partial charge >= 0.3 is 0 Å². The number of hydrogen-bond donors (Lipinski definition) is 1. The number of rotatable bonds is 6. The van der Waals surface area contributed by atoms with E-state index in [1.807, 2.05) is 36.4 Å². The zero-order valence-corrected chi connectivity index (χ0v) is 17.5. The number of hydrogen-bond acceptors (Lipinski definition) is 3. The van der Waals surface area contributed by atoms with Crippen LogP contribution in [0.1, 0.15) is 54.2 Å². The number of carbonyl (C=O) groups excluding carboxylic acids is 1. The van der Waals surface area contributed by atoms with Gasteiger partial charge in [0.1, 0.15) is 0 Å². The lowest BCUT2D eigenvalue weighted by molar-refractivity contribution is 0.0932. The second-order valence-corrected chi connectivity index (χ2v) is 9.76. The number of sulfonamides is 1. The first-order valence-corrected chi connectivity index (χ1v) is 11.6. The Balaban J connectivity index is 1.84. The fraction of sp³-hybridized carbons (Fsp3) is 0.409. The van der Waals surface area contributed by atoms with Gasteiger partial charge < -0.3 is 5.32 Å². The Morgan fingerprint density at radius 2 is 1.86 bits per heavy atom. The van der Waals surface area contributed by atoms with E-state index in [2.05, 4.69) is 19.2 Å². The highest BCUT2D eigenvalue weighted by atomic mass is 32.2. The van der Waals surface area contributed by atoms with Crippen molar-refractivity contribution in [2.45, 2.75) is 39.2 Å². The summed E-state index contributed by atoms with van der Waals surface area (Å²) in [5.74, 6) is 0.311. The molecular weight excluding hydrogens is 372 g/mol. The van der Waals surface area contributed by atoms with Crippen molar-refractivity contribution in [1.29, 1.82) is 0 Å². The Bertz CT molecular complexity index is 940. The first kappa shape index (κ1) is 20.4. The maximum absolute atomic E-state index is 12.9. The van der Waals surface area contributed by atoms with Gasteiger partial charge in [0.25, 0.3) is 5.91 Å². The highest BCUT2D eigenvalue weighted by Crippen LogP contribution is 2.30. The summed E-state index contributed by atoms with van der Waals surface area (Å²) in [6.07, 6.45) is 3.60. The molecule has 1 heterocycles. The molecule has 5 nitrogen and oxygen atoms in total. The van der Waals surface area contributed by atoms with Crippen LogP contribution < -0.4 is 9.62 Å². The molecule has 1 N–H and O–H groups in total. The molecular formula is C22H28N2O3S. The Hall–Kier alpha value is -2.34. The molecule has 0 spiro atoms. The minimum absolute atomic E-state index is 0.0581. The number of amides is 1. The van der Waals surface area contributed by atoms with Gasteiger partial charge in [-0.3, -0.25) is 9.10 Å². The average Bonchev–Trinajstić information content (AvgIpc) is 2.66. The predicted octanol–water partition coefficient (Wildman–Crippen LogP) is 3.92. The molecule has 1 atom stereocenters. The first-order chi connectivity index (χ1) is 13.3. The molecule has 1 amide bonds. The molecule has 2 aromatic carbocycles. The van der Waals surface area contributed by atoms with Gasteiger partial charge in [0, 0.05) is 12.1 Å².